The summed E-state index contributed by atoms with van der Waals surface area (Å²) in [6.07, 6.45) is 0. The number of carbonyl (C=O) groups is 1. The van der Waals surface area contributed by atoms with Crippen molar-refractivity contribution in [1.82, 2.24) is 0 Å². The lowest BCUT2D eigenvalue weighted by atomic mass is 9.84. The Balaban J connectivity index is 2.65. The van der Waals surface area contributed by atoms with Crippen LogP contribution in [-0.2, 0) is 4.79 Å². The highest BCUT2D eigenvalue weighted by molar-refractivity contribution is 6.33. The summed E-state index contributed by atoms with van der Waals surface area (Å²) in [6.45, 7) is 10.4. The van der Waals surface area contributed by atoms with Crippen molar-refractivity contribution in [3.63, 3.8) is 0 Å². The molecule has 0 bridgehead atoms. The van der Waals surface area contributed by atoms with Gasteiger partial charge in [-0.2, -0.15) is 0 Å². The summed E-state index contributed by atoms with van der Waals surface area (Å²) in [4.78, 5) is 12.1. The molecule has 100 valence electrons. The zero-order valence-corrected chi connectivity index (χ0v) is 12.6. The van der Waals surface area contributed by atoms with Crippen LogP contribution in [0.4, 0.5) is 5.69 Å². The van der Waals surface area contributed by atoms with E-state index < -0.39 is 0 Å². The van der Waals surface area contributed by atoms with Crippen molar-refractivity contribution in [2.45, 2.75) is 34.6 Å². The molecule has 0 aliphatic carbocycles. The average molecular weight is 268 g/mol. The molecule has 18 heavy (non-hydrogen) atoms. The standard InChI is InChI=1S/C15H22ClNO/c1-10-6-7-12(16)13(8-10)17-9-11(2)14(18)15(3,4)5/h6-8,11,17H,9H2,1-5H3. The van der Waals surface area contributed by atoms with Gasteiger partial charge in [0.05, 0.1) is 10.7 Å². The molecule has 1 aromatic rings. The minimum Gasteiger partial charge on any atom is -0.383 e. The minimum atomic E-state index is -0.294. The van der Waals surface area contributed by atoms with Gasteiger partial charge in [0, 0.05) is 17.9 Å². The number of carbonyl (C=O) groups excluding carboxylic acids is 1. The molecule has 3 heteroatoms. The monoisotopic (exact) mass is 267 g/mol. The molecule has 1 unspecified atom stereocenters. The van der Waals surface area contributed by atoms with Gasteiger partial charge in [-0.3, -0.25) is 4.79 Å². The van der Waals surface area contributed by atoms with Crippen molar-refractivity contribution in [3.05, 3.63) is 28.8 Å². The van der Waals surface area contributed by atoms with Gasteiger partial charge in [0.2, 0.25) is 0 Å². The summed E-state index contributed by atoms with van der Waals surface area (Å²) in [6, 6.07) is 5.84. The fraction of sp³-hybridized carbons (Fsp3) is 0.533. The lowest BCUT2D eigenvalue weighted by Crippen LogP contribution is -2.30. The van der Waals surface area contributed by atoms with Crippen molar-refractivity contribution >= 4 is 23.1 Å². The first-order chi connectivity index (χ1) is 8.21. The maximum absolute atomic E-state index is 12.1. The van der Waals surface area contributed by atoms with Gasteiger partial charge in [-0.05, 0) is 24.6 Å². The van der Waals surface area contributed by atoms with Crippen molar-refractivity contribution in [2.75, 3.05) is 11.9 Å². The van der Waals surface area contributed by atoms with Crippen molar-refractivity contribution in [2.24, 2.45) is 11.3 Å². The molecule has 0 saturated carbocycles. The molecule has 0 aliphatic heterocycles. The Morgan fingerprint density at radius 3 is 2.56 bits per heavy atom. The van der Waals surface area contributed by atoms with E-state index in [-0.39, 0.29) is 17.1 Å². The molecule has 1 N–H and O–H groups in total. The average Bonchev–Trinajstić information content (AvgIpc) is 2.27. The smallest absolute Gasteiger partial charge is 0.142 e. The maximum Gasteiger partial charge on any atom is 0.142 e. The van der Waals surface area contributed by atoms with E-state index in [0.717, 1.165) is 11.3 Å². The topological polar surface area (TPSA) is 29.1 Å². The van der Waals surface area contributed by atoms with Crippen molar-refractivity contribution < 1.29 is 4.79 Å². The van der Waals surface area contributed by atoms with E-state index >= 15 is 0 Å². The minimum absolute atomic E-state index is 0.0263. The third-order valence-electron chi connectivity index (χ3n) is 2.91. The third kappa shape index (κ3) is 4.02. The number of benzene rings is 1. The molecule has 0 radical (unpaired) electrons. The van der Waals surface area contributed by atoms with E-state index in [1.807, 2.05) is 52.8 Å². The van der Waals surface area contributed by atoms with Gasteiger partial charge in [0.1, 0.15) is 5.78 Å². The van der Waals surface area contributed by atoms with Gasteiger partial charge in [0.15, 0.2) is 0 Å². The Labute approximate surface area is 115 Å². The molecule has 0 aliphatic rings. The molecule has 0 fully saturated rings. The van der Waals surface area contributed by atoms with Gasteiger partial charge in [-0.1, -0.05) is 45.4 Å². The second-order valence-electron chi connectivity index (χ2n) is 5.88. The van der Waals surface area contributed by atoms with E-state index in [1.54, 1.807) is 0 Å². The third-order valence-corrected chi connectivity index (χ3v) is 3.24. The quantitative estimate of drug-likeness (QED) is 0.881. The molecule has 0 aromatic heterocycles. The summed E-state index contributed by atoms with van der Waals surface area (Å²) >= 11 is 6.10. The molecule has 0 saturated heterocycles. The Bertz CT molecular complexity index is 435. The molecule has 1 aromatic carbocycles. The number of hydrogen-bond donors (Lipinski definition) is 1. The van der Waals surface area contributed by atoms with E-state index in [9.17, 15) is 4.79 Å². The zero-order chi connectivity index (χ0) is 13.9. The second-order valence-corrected chi connectivity index (χ2v) is 6.29. The van der Waals surface area contributed by atoms with Crippen LogP contribution >= 0.6 is 11.6 Å². The lowest BCUT2D eigenvalue weighted by Gasteiger charge is -2.22. The van der Waals surface area contributed by atoms with Crippen LogP contribution in [0, 0.1) is 18.3 Å². The fourth-order valence-electron chi connectivity index (χ4n) is 1.87. The van der Waals surface area contributed by atoms with E-state index in [2.05, 4.69) is 5.32 Å². The summed E-state index contributed by atoms with van der Waals surface area (Å²) in [5.74, 6) is 0.236. The van der Waals surface area contributed by atoms with Crippen LogP contribution in [0.5, 0.6) is 0 Å². The molecular weight excluding hydrogens is 246 g/mol. The summed E-state index contributed by atoms with van der Waals surface area (Å²) in [5, 5.41) is 3.94. The number of nitrogens with one attached hydrogen (secondary N) is 1. The molecule has 0 spiro atoms. The SMILES string of the molecule is Cc1ccc(Cl)c(NCC(C)C(=O)C(C)(C)C)c1. The number of hydrogen-bond acceptors (Lipinski definition) is 2. The molecular formula is C15H22ClNO. The van der Waals surface area contributed by atoms with Gasteiger partial charge in [-0.15, -0.1) is 0 Å². The number of Topliss-reactive ketones (excluding diaryl/α,β-unsaturated/α-hetero) is 1. The van der Waals surface area contributed by atoms with Gasteiger partial charge < -0.3 is 5.32 Å². The zero-order valence-electron chi connectivity index (χ0n) is 11.8. The molecule has 1 atom stereocenters. The Hall–Kier alpha value is -1.02. The van der Waals surface area contributed by atoms with Crippen LogP contribution in [0.15, 0.2) is 18.2 Å². The first-order valence-electron chi connectivity index (χ1n) is 6.26. The summed E-state index contributed by atoms with van der Waals surface area (Å²) < 4.78 is 0. The van der Waals surface area contributed by atoms with Crippen LogP contribution in [0.1, 0.15) is 33.3 Å². The largest absolute Gasteiger partial charge is 0.383 e. The van der Waals surface area contributed by atoms with Crippen molar-refractivity contribution in [1.29, 1.82) is 0 Å². The van der Waals surface area contributed by atoms with Crippen LogP contribution in [0.25, 0.3) is 0 Å². The first kappa shape index (κ1) is 15.0. The highest BCUT2D eigenvalue weighted by Gasteiger charge is 2.26. The number of aryl methyl sites for hydroxylation is 1. The Morgan fingerprint density at radius 1 is 1.39 bits per heavy atom. The number of halogens is 1. The Kier molecular flexibility index (Phi) is 4.80. The normalized spacial score (nSPS) is 13.2. The molecule has 0 heterocycles. The lowest BCUT2D eigenvalue weighted by molar-refractivity contribution is -0.129. The second kappa shape index (κ2) is 5.75. The van der Waals surface area contributed by atoms with Crippen LogP contribution in [0.3, 0.4) is 0 Å². The van der Waals surface area contributed by atoms with Crippen LogP contribution in [-0.4, -0.2) is 12.3 Å². The first-order valence-corrected chi connectivity index (χ1v) is 6.64. The van der Waals surface area contributed by atoms with Crippen molar-refractivity contribution in [3.8, 4) is 0 Å². The number of anilines is 1. The van der Waals surface area contributed by atoms with Gasteiger partial charge in [0.25, 0.3) is 0 Å². The van der Waals surface area contributed by atoms with E-state index in [1.165, 1.54) is 0 Å². The van der Waals surface area contributed by atoms with Gasteiger partial charge >= 0.3 is 0 Å². The van der Waals surface area contributed by atoms with Crippen LogP contribution in [0.2, 0.25) is 5.02 Å². The Morgan fingerprint density at radius 2 is 2.00 bits per heavy atom. The predicted molar refractivity (Wildman–Crippen MR) is 78.3 cm³/mol. The summed E-state index contributed by atoms with van der Waals surface area (Å²) in [5.41, 5.74) is 1.75. The van der Waals surface area contributed by atoms with E-state index in [4.69, 9.17) is 11.6 Å². The molecule has 1 rings (SSSR count). The highest BCUT2D eigenvalue weighted by Crippen LogP contribution is 2.24. The predicted octanol–water partition coefficient (Wildman–Crippen LogP) is 4.31. The van der Waals surface area contributed by atoms with Gasteiger partial charge in [-0.25, -0.2) is 0 Å². The summed E-state index contributed by atoms with van der Waals surface area (Å²) in [7, 11) is 0. The number of rotatable bonds is 4. The molecule has 2 nitrogen and oxygen atoms in total. The van der Waals surface area contributed by atoms with Crippen LogP contribution < -0.4 is 5.32 Å². The number of ketones is 1. The highest BCUT2D eigenvalue weighted by atomic mass is 35.5. The molecule has 0 amide bonds. The fourth-order valence-corrected chi connectivity index (χ4v) is 2.05. The maximum atomic E-state index is 12.1. The van der Waals surface area contributed by atoms with E-state index in [0.29, 0.717) is 11.6 Å².